The number of nitrogens with two attached hydrogens (primary N) is 2. The van der Waals surface area contributed by atoms with Gasteiger partial charge >= 0.3 is 0 Å². The van der Waals surface area contributed by atoms with Gasteiger partial charge in [-0.3, -0.25) is 9.59 Å². The van der Waals surface area contributed by atoms with Crippen LogP contribution in [-0.4, -0.2) is 39.8 Å². The summed E-state index contributed by atoms with van der Waals surface area (Å²) in [5, 5.41) is 0.470. The summed E-state index contributed by atoms with van der Waals surface area (Å²) in [5.74, 6) is 0.203. The summed E-state index contributed by atoms with van der Waals surface area (Å²) in [7, 11) is 0. The number of likely N-dealkylation sites (tertiary alicyclic amines) is 1. The van der Waals surface area contributed by atoms with Crippen LogP contribution in [0.4, 0.5) is 5.69 Å². The van der Waals surface area contributed by atoms with Crippen molar-refractivity contribution in [1.82, 2.24) is 14.9 Å². The molecule has 1 fully saturated rings. The van der Waals surface area contributed by atoms with Crippen molar-refractivity contribution in [2.75, 3.05) is 18.8 Å². The van der Waals surface area contributed by atoms with E-state index in [2.05, 4.69) is 9.97 Å². The summed E-state index contributed by atoms with van der Waals surface area (Å²) < 4.78 is 0. The third kappa shape index (κ3) is 3.85. The summed E-state index contributed by atoms with van der Waals surface area (Å²) in [6, 6.07) is 8.54. The first kappa shape index (κ1) is 20.2. The van der Waals surface area contributed by atoms with Crippen LogP contribution in [-0.2, 0) is 6.42 Å². The number of benzene rings is 2. The van der Waals surface area contributed by atoms with Crippen molar-refractivity contribution in [3.8, 4) is 0 Å². The molecule has 0 unspecified atom stereocenters. The standard InChI is InChI=1S/C22H24ClN5O2/c1-12(21-26-18-10-16(23)17(24)11-19(18)27-21)8-14-9-13(20(25)29)4-5-15(14)22(30)28-6-2-3-7-28/h4-5,9-12H,2-3,6-8,24H2,1H3,(H2,25,29)(H,26,27)/t12-/m0/s1. The monoisotopic (exact) mass is 425 g/mol. The Balaban J connectivity index is 1.67. The molecule has 1 aromatic heterocycles. The number of nitrogens with one attached hydrogen (secondary N) is 1. The number of rotatable bonds is 5. The smallest absolute Gasteiger partial charge is 0.254 e. The molecule has 30 heavy (non-hydrogen) atoms. The van der Waals surface area contributed by atoms with E-state index in [1.807, 2.05) is 11.8 Å². The van der Waals surface area contributed by atoms with Gasteiger partial charge < -0.3 is 21.4 Å². The van der Waals surface area contributed by atoms with Crippen LogP contribution in [0.1, 0.15) is 57.8 Å². The molecule has 1 aliphatic heterocycles. The second-order valence-corrected chi connectivity index (χ2v) is 8.26. The molecule has 0 radical (unpaired) electrons. The molecule has 2 heterocycles. The average molecular weight is 426 g/mol. The quantitative estimate of drug-likeness (QED) is 0.542. The Hall–Kier alpha value is -3.06. The number of aromatic nitrogens is 2. The first-order valence-electron chi connectivity index (χ1n) is 10.00. The Bertz CT molecular complexity index is 1100. The maximum absolute atomic E-state index is 13.0. The fraction of sp³-hybridized carbons (Fsp3) is 0.318. The van der Waals surface area contributed by atoms with Crippen molar-refractivity contribution < 1.29 is 9.59 Å². The number of hydrogen-bond donors (Lipinski definition) is 3. The Kier molecular flexibility index (Phi) is 5.39. The van der Waals surface area contributed by atoms with E-state index < -0.39 is 5.91 Å². The zero-order valence-electron chi connectivity index (χ0n) is 16.7. The first-order chi connectivity index (χ1) is 14.3. The molecule has 1 saturated heterocycles. The second kappa shape index (κ2) is 7.99. The van der Waals surface area contributed by atoms with Gasteiger partial charge in [0.05, 0.1) is 21.7 Å². The molecule has 4 rings (SSSR count). The zero-order chi connectivity index (χ0) is 21.4. The molecule has 3 aromatic rings. The molecule has 2 aromatic carbocycles. The molecular weight excluding hydrogens is 402 g/mol. The van der Waals surface area contributed by atoms with Gasteiger partial charge in [0.2, 0.25) is 5.91 Å². The molecule has 156 valence electrons. The van der Waals surface area contributed by atoms with Gasteiger partial charge in [-0.1, -0.05) is 18.5 Å². The third-order valence-electron chi connectivity index (χ3n) is 5.62. The highest BCUT2D eigenvalue weighted by Crippen LogP contribution is 2.28. The molecule has 0 aliphatic carbocycles. The first-order valence-corrected chi connectivity index (χ1v) is 10.4. The number of carbonyl (C=O) groups excluding carboxylic acids is 2. The molecule has 1 aliphatic rings. The number of carbonyl (C=O) groups is 2. The molecule has 1 atom stereocenters. The third-order valence-corrected chi connectivity index (χ3v) is 5.95. The van der Waals surface area contributed by atoms with Gasteiger partial charge in [-0.15, -0.1) is 0 Å². The minimum atomic E-state index is -0.516. The number of primary amides is 1. The predicted molar refractivity (Wildman–Crippen MR) is 118 cm³/mol. The van der Waals surface area contributed by atoms with E-state index in [1.54, 1.807) is 30.3 Å². The van der Waals surface area contributed by atoms with Crippen molar-refractivity contribution in [1.29, 1.82) is 0 Å². The second-order valence-electron chi connectivity index (χ2n) is 7.85. The number of H-pyrrole nitrogens is 1. The number of halogens is 1. The van der Waals surface area contributed by atoms with Crippen LogP contribution >= 0.6 is 11.6 Å². The van der Waals surface area contributed by atoms with Crippen molar-refractivity contribution in [2.45, 2.75) is 32.1 Å². The van der Waals surface area contributed by atoms with Crippen LogP contribution in [0.2, 0.25) is 5.02 Å². The van der Waals surface area contributed by atoms with Gasteiger partial charge in [-0.2, -0.15) is 0 Å². The Morgan fingerprint density at radius 2 is 1.97 bits per heavy atom. The Morgan fingerprint density at radius 3 is 2.67 bits per heavy atom. The number of nitrogen functional groups attached to an aromatic ring is 1. The lowest BCUT2D eigenvalue weighted by Crippen LogP contribution is -2.29. The fourth-order valence-corrected chi connectivity index (χ4v) is 4.10. The van der Waals surface area contributed by atoms with Gasteiger partial charge in [0.25, 0.3) is 5.91 Å². The highest BCUT2D eigenvalue weighted by Gasteiger charge is 2.24. The van der Waals surface area contributed by atoms with Crippen molar-refractivity contribution in [2.24, 2.45) is 5.73 Å². The van der Waals surface area contributed by atoms with Gasteiger partial charge in [0.1, 0.15) is 5.82 Å². The van der Waals surface area contributed by atoms with Crippen LogP contribution in [0, 0.1) is 0 Å². The van der Waals surface area contributed by atoms with E-state index in [4.69, 9.17) is 23.1 Å². The maximum Gasteiger partial charge on any atom is 0.254 e. The number of nitrogens with zero attached hydrogens (tertiary/aromatic N) is 2. The fourth-order valence-electron chi connectivity index (χ4n) is 3.94. The van der Waals surface area contributed by atoms with E-state index in [1.165, 1.54) is 0 Å². The molecule has 0 saturated carbocycles. The topological polar surface area (TPSA) is 118 Å². The molecule has 8 heteroatoms. The maximum atomic E-state index is 13.0. The number of fused-ring (bicyclic) bond motifs is 1. The average Bonchev–Trinajstić information content (AvgIpc) is 3.38. The lowest BCUT2D eigenvalue weighted by molar-refractivity contribution is 0.0791. The van der Waals surface area contributed by atoms with Gasteiger partial charge in [-0.05, 0) is 55.2 Å². The number of anilines is 1. The SMILES string of the molecule is C[C@@H](Cc1cc(C(N)=O)ccc1C(=O)N1CCCC1)c1nc2cc(N)c(Cl)cc2[nH]1. The lowest BCUT2D eigenvalue weighted by atomic mass is 9.93. The number of hydrogen-bond acceptors (Lipinski definition) is 4. The molecule has 5 N–H and O–H groups in total. The summed E-state index contributed by atoms with van der Waals surface area (Å²) >= 11 is 6.11. The number of aromatic amines is 1. The summed E-state index contributed by atoms with van der Waals surface area (Å²) in [6.45, 7) is 3.54. The van der Waals surface area contributed by atoms with E-state index >= 15 is 0 Å². The minimum absolute atomic E-state index is 0.00474. The summed E-state index contributed by atoms with van der Waals surface area (Å²) in [5.41, 5.74) is 15.1. The molecule has 0 bridgehead atoms. The molecule has 2 amide bonds. The van der Waals surface area contributed by atoms with Crippen LogP contribution in [0.25, 0.3) is 11.0 Å². The van der Waals surface area contributed by atoms with Crippen molar-refractivity contribution in [3.63, 3.8) is 0 Å². The van der Waals surface area contributed by atoms with Crippen molar-refractivity contribution in [3.05, 3.63) is 57.9 Å². The van der Waals surface area contributed by atoms with Crippen molar-refractivity contribution >= 4 is 40.1 Å². The minimum Gasteiger partial charge on any atom is -0.397 e. The highest BCUT2D eigenvalue weighted by atomic mass is 35.5. The van der Waals surface area contributed by atoms with Crippen LogP contribution in [0.15, 0.2) is 30.3 Å². The molecular formula is C22H24ClN5O2. The number of amides is 2. The lowest BCUT2D eigenvalue weighted by Gasteiger charge is -2.19. The van der Waals surface area contributed by atoms with E-state index in [9.17, 15) is 9.59 Å². The summed E-state index contributed by atoms with van der Waals surface area (Å²) in [4.78, 5) is 34.5. The Morgan fingerprint density at radius 1 is 1.23 bits per heavy atom. The largest absolute Gasteiger partial charge is 0.397 e. The normalized spacial score (nSPS) is 14.9. The predicted octanol–water partition coefficient (Wildman–Crippen LogP) is 3.48. The summed E-state index contributed by atoms with van der Waals surface area (Å²) in [6.07, 6.45) is 2.56. The Labute approximate surface area is 179 Å². The van der Waals surface area contributed by atoms with E-state index in [0.29, 0.717) is 28.3 Å². The zero-order valence-corrected chi connectivity index (χ0v) is 17.5. The van der Waals surface area contributed by atoms with Gasteiger partial charge in [0, 0.05) is 30.1 Å². The van der Waals surface area contributed by atoms with Crippen LogP contribution in [0.3, 0.4) is 0 Å². The molecule has 7 nitrogen and oxygen atoms in total. The number of imidazole rings is 1. The van der Waals surface area contributed by atoms with Gasteiger partial charge in [-0.25, -0.2) is 4.98 Å². The van der Waals surface area contributed by atoms with Gasteiger partial charge in [0.15, 0.2) is 0 Å². The van der Waals surface area contributed by atoms with E-state index in [-0.39, 0.29) is 11.8 Å². The van der Waals surface area contributed by atoms with E-state index in [0.717, 1.165) is 48.4 Å². The highest BCUT2D eigenvalue weighted by molar-refractivity contribution is 6.33. The van der Waals surface area contributed by atoms with Crippen LogP contribution < -0.4 is 11.5 Å². The van der Waals surface area contributed by atoms with Crippen LogP contribution in [0.5, 0.6) is 0 Å². The molecule has 0 spiro atoms.